The molecule has 2 fully saturated rings. The van der Waals surface area contributed by atoms with Crippen molar-refractivity contribution in [2.45, 2.75) is 42.9 Å². The lowest BCUT2D eigenvalue weighted by atomic mass is 9.82. The Morgan fingerprint density at radius 1 is 1.23 bits per heavy atom. The highest BCUT2D eigenvalue weighted by Gasteiger charge is 2.60. The second kappa shape index (κ2) is 6.75. The Hall–Kier alpha value is -2.35. The first kappa shape index (κ1) is 18.4. The summed E-state index contributed by atoms with van der Waals surface area (Å²) in [5.41, 5.74) is 0.327. The van der Waals surface area contributed by atoms with E-state index in [9.17, 15) is 23.1 Å². The summed E-state index contributed by atoms with van der Waals surface area (Å²) < 4.78 is 23.8. The molecule has 1 heterocycles. The molecule has 3 rings (SSSR count). The molecule has 26 heavy (non-hydrogen) atoms. The van der Waals surface area contributed by atoms with Crippen LogP contribution in [0.1, 0.15) is 42.5 Å². The molecule has 7 nitrogen and oxygen atoms in total. The van der Waals surface area contributed by atoms with E-state index in [-0.39, 0.29) is 17.1 Å². The second-order valence-corrected chi connectivity index (χ2v) is 9.23. The minimum atomic E-state index is -3.20. The number of carbonyl (C=O) groups is 2. The van der Waals surface area contributed by atoms with E-state index in [2.05, 4.69) is 17.2 Å². The van der Waals surface area contributed by atoms with Crippen LogP contribution in [0.5, 0.6) is 5.75 Å². The Labute approximate surface area is 152 Å². The standard InChI is InChI=1S/C18H22N2O5S/c1-2-16(22)19-12-6-7-14(21)13(10-12)17(23)20-15-11-26(24,25)18(15)8-4-3-5-9-18/h2,6-7,10,15,21H,1,3-5,8-9,11H2,(H,19,22)(H,20,23). The normalized spacial score (nSPS) is 22.8. The quantitative estimate of drug-likeness (QED) is 0.546. The highest BCUT2D eigenvalue weighted by Crippen LogP contribution is 2.46. The van der Waals surface area contributed by atoms with Gasteiger partial charge < -0.3 is 15.7 Å². The molecule has 0 aromatic heterocycles. The number of carbonyl (C=O) groups excluding carboxylic acids is 2. The largest absolute Gasteiger partial charge is 0.507 e. The number of aromatic hydroxyl groups is 1. The van der Waals surface area contributed by atoms with Crippen LogP contribution in [0, 0.1) is 0 Å². The predicted octanol–water partition coefficient (Wildman–Crippen LogP) is 1.75. The Balaban J connectivity index is 1.79. The summed E-state index contributed by atoms with van der Waals surface area (Å²) in [4.78, 5) is 24.0. The summed E-state index contributed by atoms with van der Waals surface area (Å²) in [6.45, 7) is 3.35. The van der Waals surface area contributed by atoms with E-state index in [0.29, 0.717) is 18.5 Å². The zero-order valence-corrected chi connectivity index (χ0v) is 15.1. The van der Waals surface area contributed by atoms with Gasteiger partial charge in [0.1, 0.15) is 5.75 Å². The zero-order chi connectivity index (χ0) is 18.9. The van der Waals surface area contributed by atoms with E-state index in [1.165, 1.54) is 18.2 Å². The van der Waals surface area contributed by atoms with Gasteiger partial charge in [-0.2, -0.15) is 0 Å². The number of nitrogens with one attached hydrogen (secondary N) is 2. The van der Waals surface area contributed by atoms with Gasteiger partial charge >= 0.3 is 0 Å². The van der Waals surface area contributed by atoms with Crippen molar-refractivity contribution in [2.24, 2.45) is 0 Å². The molecule has 140 valence electrons. The van der Waals surface area contributed by atoms with E-state index in [4.69, 9.17) is 0 Å². The molecular weight excluding hydrogens is 356 g/mol. The minimum Gasteiger partial charge on any atom is -0.507 e. The van der Waals surface area contributed by atoms with Crippen LogP contribution in [-0.2, 0) is 14.6 Å². The maximum absolute atomic E-state index is 12.6. The number of hydrogen-bond donors (Lipinski definition) is 3. The van der Waals surface area contributed by atoms with E-state index < -0.39 is 32.4 Å². The molecule has 1 aliphatic carbocycles. The van der Waals surface area contributed by atoms with Crippen molar-refractivity contribution in [1.82, 2.24) is 5.32 Å². The predicted molar refractivity (Wildman–Crippen MR) is 97.8 cm³/mol. The first-order valence-corrected chi connectivity index (χ1v) is 10.2. The lowest BCUT2D eigenvalue weighted by Crippen LogP contribution is -2.70. The highest BCUT2D eigenvalue weighted by atomic mass is 32.2. The minimum absolute atomic E-state index is 0.0119. The zero-order valence-electron chi connectivity index (χ0n) is 14.3. The van der Waals surface area contributed by atoms with Gasteiger partial charge in [0.2, 0.25) is 5.91 Å². The van der Waals surface area contributed by atoms with Crippen molar-refractivity contribution < 1.29 is 23.1 Å². The Morgan fingerprint density at radius 3 is 2.54 bits per heavy atom. The molecule has 1 unspecified atom stereocenters. The topological polar surface area (TPSA) is 113 Å². The van der Waals surface area contributed by atoms with Crippen molar-refractivity contribution in [2.75, 3.05) is 11.1 Å². The van der Waals surface area contributed by atoms with Crippen LogP contribution in [-0.4, -0.2) is 41.9 Å². The molecule has 1 spiro atoms. The van der Waals surface area contributed by atoms with Gasteiger partial charge in [-0.25, -0.2) is 8.42 Å². The molecule has 2 aliphatic rings. The average molecular weight is 378 g/mol. The fourth-order valence-corrected chi connectivity index (χ4v) is 6.22. The van der Waals surface area contributed by atoms with E-state index >= 15 is 0 Å². The van der Waals surface area contributed by atoms with Gasteiger partial charge in [-0.1, -0.05) is 25.8 Å². The number of phenolic OH excluding ortho intramolecular Hbond substituents is 1. The van der Waals surface area contributed by atoms with Gasteiger partial charge in [-0.05, 0) is 37.1 Å². The smallest absolute Gasteiger partial charge is 0.255 e. The third-order valence-electron chi connectivity index (χ3n) is 5.34. The number of benzene rings is 1. The molecule has 1 atom stereocenters. The average Bonchev–Trinajstić information content (AvgIpc) is 2.63. The fourth-order valence-electron chi connectivity index (χ4n) is 3.86. The van der Waals surface area contributed by atoms with Gasteiger partial charge in [-0.15, -0.1) is 0 Å². The maximum atomic E-state index is 12.6. The molecule has 2 amide bonds. The van der Waals surface area contributed by atoms with Gasteiger partial charge in [-0.3, -0.25) is 9.59 Å². The molecule has 1 aliphatic heterocycles. The number of rotatable bonds is 4. The summed E-state index contributed by atoms with van der Waals surface area (Å²) in [5, 5.41) is 15.3. The van der Waals surface area contributed by atoms with E-state index in [1.54, 1.807) is 0 Å². The van der Waals surface area contributed by atoms with Crippen LogP contribution in [0.2, 0.25) is 0 Å². The molecular formula is C18H22N2O5S. The van der Waals surface area contributed by atoms with Crippen LogP contribution in [0.4, 0.5) is 5.69 Å². The van der Waals surface area contributed by atoms with Crippen LogP contribution in [0.3, 0.4) is 0 Å². The van der Waals surface area contributed by atoms with Crippen LogP contribution >= 0.6 is 0 Å². The summed E-state index contributed by atoms with van der Waals surface area (Å²) >= 11 is 0. The third-order valence-corrected chi connectivity index (χ3v) is 8.04. The maximum Gasteiger partial charge on any atom is 0.255 e. The molecule has 0 bridgehead atoms. The summed E-state index contributed by atoms with van der Waals surface area (Å²) in [5.74, 6) is -1.30. The van der Waals surface area contributed by atoms with E-state index in [1.807, 2.05) is 0 Å². The fraction of sp³-hybridized carbons (Fsp3) is 0.444. The molecule has 1 saturated heterocycles. The Morgan fingerprint density at radius 2 is 1.92 bits per heavy atom. The van der Waals surface area contributed by atoms with Crippen LogP contribution in [0.15, 0.2) is 30.9 Å². The monoisotopic (exact) mass is 378 g/mol. The summed E-state index contributed by atoms with van der Waals surface area (Å²) in [7, 11) is -3.20. The molecule has 1 aromatic rings. The van der Waals surface area contributed by atoms with Crippen LogP contribution < -0.4 is 10.6 Å². The molecule has 1 aromatic carbocycles. The Kier molecular flexibility index (Phi) is 4.79. The van der Waals surface area contributed by atoms with Gasteiger partial charge in [0, 0.05) is 5.69 Å². The van der Waals surface area contributed by atoms with Crippen molar-refractivity contribution in [3.05, 3.63) is 36.4 Å². The third kappa shape index (κ3) is 3.09. The molecule has 1 saturated carbocycles. The molecule has 8 heteroatoms. The van der Waals surface area contributed by atoms with Gasteiger partial charge in [0.15, 0.2) is 9.84 Å². The number of amides is 2. The van der Waals surface area contributed by atoms with Gasteiger partial charge in [0.05, 0.1) is 22.1 Å². The number of sulfone groups is 1. The number of anilines is 1. The van der Waals surface area contributed by atoms with Crippen molar-refractivity contribution in [3.63, 3.8) is 0 Å². The summed E-state index contributed by atoms with van der Waals surface area (Å²) in [6.07, 6.45) is 4.88. The molecule has 3 N–H and O–H groups in total. The first-order valence-electron chi connectivity index (χ1n) is 8.59. The molecule has 0 radical (unpaired) electrons. The summed E-state index contributed by atoms with van der Waals surface area (Å²) in [6, 6.07) is 3.67. The van der Waals surface area contributed by atoms with Crippen molar-refractivity contribution >= 4 is 27.3 Å². The highest BCUT2D eigenvalue weighted by molar-refractivity contribution is 7.94. The van der Waals surface area contributed by atoms with Crippen molar-refractivity contribution in [1.29, 1.82) is 0 Å². The van der Waals surface area contributed by atoms with Crippen LogP contribution in [0.25, 0.3) is 0 Å². The number of phenols is 1. The van der Waals surface area contributed by atoms with E-state index in [0.717, 1.165) is 25.3 Å². The Bertz CT molecular complexity index is 856. The lowest BCUT2D eigenvalue weighted by Gasteiger charge is -2.50. The lowest BCUT2D eigenvalue weighted by molar-refractivity contribution is -0.111. The number of hydrogen-bond acceptors (Lipinski definition) is 5. The van der Waals surface area contributed by atoms with Crippen molar-refractivity contribution in [3.8, 4) is 5.75 Å². The second-order valence-electron chi connectivity index (χ2n) is 6.86. The first-order chi connectivity index (χ1) is 12.3. The van der Waals surface area contributed by atoms with Gasteiger partial charge in [0.25, 0.3) is 5.91 Å². The SMILES string of the molecule is C=CC(=O)Nc1ccc(O)c(C(=O)NC2CS(=O)(=O)C23CCCCC3)c1.